The fraction of sp³-hybridized carbons (Fsp3) is 0.370. The monoisotopic (exact) mass is 494 g/mol. The van der Waals surface area contributed by atoms with E-state index in [0.29, 0.717) is 12.2 Å². The summed E-state index contributed by atoms with van der Waals surface area (Å²) < 4.78 is 16.1. The van der Waals surface area contributed by atoms with Crippen molar-refractivity contribution >= 4 is 43.9 Å². The minimum Gasteiger partial charge on any atom is -0.416 e. The van der Waals surface area contributed by atoms with E-state index in [1.54, 1.807) is 35.3 Å². The van der Waals surface area contributed by atoms with Gasteiger partial charge in [-0.1, -0.05) is 18.2 Å². The second-order valence-corrected chi connectivity index (χ2v) is 9.88. The van der Waals surface area contributed by atoms with Crippen molar-refractivity contribution in [2.24, 2.45) is 0 Å². The lowest BCUT2D eigenvalue weighted by Gasteiger charge is -2.23. The fourth-order valence-corrected chi connectivity index (χ4v) is 5.90. The van der Waals surface area contributed by atoms with Crippen LogP contribution in [0.3, 0.4) is 0 Å². The van der Waals surface area contributed by atoms with E-state index in [-0.39, 0.29) is 11.7 Å². The highest BCUT2D eigenvalue weighted by Crippen LogP contribution is 2.34. The molecule has 1 aliphatic heterocycles. The van der Waals surface area contributed by atoms with Gasteiger partial charge in [-0.2, -0.15) is 4.73 Å². The van der Waals surface area contributed by atoms with E-state index in [1.807, 2.05) is 36.4 Å². The molecule has 2 aromatic heterocycles. The predicted octanol–water partition coefficient (Wildman–Crippen LogP) is 4.78. The number of hydrogen-bond acceptors (Lipinski definition) is 5. The van der Waals surface area contributed by atoms with Gasteiger partial charge in [-0.3, -0.25) is 4.79 Å². The van der Waals surface area contributed by atoms with Gasteiger partial charge < -0.3 is 20.0 Å². The highest BCUT2D eigenvalue weighted by Gasteiger charge is 2.18. The third-order valence-corrected chi connectivity index (χ3v) is 7.65. The summed E-state index contributed by atoms with van der Waals surface area (Å²) in [6, 6.07) is 14.8. The number of rotatable bonds is 8. The zero-order chi connectivity index (χ0) is 24.2. The number of amides is 1. The van der Waals surface area contributed by atoms with Crippen LogP contribution in [-0.2, 0) is 0 Å². The quantitative estimate of drug-likeness (QED) is 0.359. The zero-order valence-electron chi connectivity index (χ0n) is 20.0. The van der Waals surface area contributed by atoms with Crippen molar-refractivity contribution in [1.82, 2.24) is 14.9 Å². The molecule has 1 saturated heterocycles. The van der Waals surface area contributed by atoms with Gasteiger partial charge in [-0.25, -0.2) is 4.39 Å². The van der Waals surface area contributed by atoms with Crippen LogP contribution in [0.2, 0.25) is 0 Å². The van der Waals surface area contributed by atoms with Crippen LogP contribution in [0.5, 0.6) is 0 Å². The molecular formula is C27H31FN4O2S. The van der Waals surface area contributed by atoms with Gasteiger partial charge in [0.15, 0.2) is 0 Å². The van der Waals surface area contributed by atoms with Crippen LogP contribution in [0.1, 0.15) is 29.8 Å². The molecule has 0 spiro atoms. The summed E-state index contributed by atoms with van der Waals surface area (Å²) in [5.41, 5.74) is 2.63. The number of aromatic nitrogens is 1. The Kier molecular flexibility index (Phi) is 7.20. The molecule has 3 heterocycles. The van der Waals surface area contributed by atoms with E-state index in [9.17, 15) is 9.18 Å². The molecule has 1 amide bonds. The summed E-state index contributed by atoms with van der Waals surface area (Å²) in [6.45, 7) is 5.75. The van der Waals surface area contributed by atoms with Crippen molar-refractivity contribution in [2.75, 3.05) is 51.3 Å². The van der Waals surface area contributed by atoms with Gasteiger partial charge in [0.2, 0.25) is 0 Å². The third-order valence-electron chi connectivity index (χ3n) is 6.71. The molecule has 1 N–H and O–H groups in total. The first-order chi connectivity index (χ1) is 17.1. The number of anilines is 1. The highest BCUT2D eigenvalue weighted by molar-refractivity contribution is 7.17. The fourth-order valence-electron chi connectivity index (χ4n) is 4.91. The Bertz CT molecular complexity index is 1320. The molecule has 6 nitrogen and oxygen atoms in total. The first kappa shape index (κ1) is 23.6. The number of carbonyl (C=O) groups excluding carboxylic acids is 1. The van der Waals surface area contributed by atoms with Crippen LogP contribution in [0, 0.1) is 5.82 Å². The van der Waals surface area contributed by atoms with Gasteiger partial charge in [0.05, 0.1) is 11.2 Å². The summed E-state index contributed by atoms with van der Waals surface area (Å²) in [5.74, 6) is -0.290. The number of carbonyl (C=O) groups is 1. The van der Waals surface area contributed by atoms with Gasteiger partial charge in [0.25, 0.3) is 5.91 Å². The molecule has 2 aromatic carbocycles. The molecule has 1 fully saturated rings. The summed E-state index contributed by atoms with van der Waals surface area (Å²) in [6.07, 6.45) is 3.07. The lowest BCUT2D eigenvalue weighted by atomic mass is 10.2. The molecule has 0 atom stereocenters. The molecular weight excluding hydrogens is 463 g/mol. The van der Waals surface area contributed by atoms with Crippen molar-refractivity contribution in [3.63, 3.8) is 0 Å². The van der Waals surface area contributed by atoms with Crippen molar-refractivity contribution < 1.29 is 14.0 Å². The Balaban J connectivity index is 1.08. The lowest BCUT2D eigenvalue weighted by molar-refractivity contribution is 0.0902. The number of nitrogens with one attached hydrogen (secondary N) is 1. The van der Waals surface area contributed by atoms with Gasteiger partial charge >= 0.3 is 0 Å². The maximum absolute atomic E-state index is 13.5. The Morgan fingerprint density at radius 2 is 1.97 bits per heavy atom. The number of para-hydroxylation sites is 1. The maximum Gasteiger partial charge on any atom is 0.271 e. The van der Waals surface area contributed by atoms with Gasteiger partial charge in [-0.05, 0) is 62.7 Å². The molecule has 0 radical (unpaired) electrons. The van der Waals surface area contributed by atoms with Crippen LogP contribution in [0.25, 0.3) is 21.0 Å². The molecule has 35 heavy (non-hydrogen) atoms. The van der Waals surface area contributed by atoms with Gasteiger partial charge in [0, 0.05) is 47.0 Å². The van der Waals surface area contributed by atoms with Crippen molar-refractivity contribution in [2.45, 2.75) is 19.3 Å². The molecule has 184 valence electrons. The Morgan fingerprint density at radius 1 is 1.09 bits per heavy atom. The van der Waals surface area contributed by atoms with Crippen LogP contribution < -0.4 is 15.1 Å². The van der Waals surface area contributed by atoms with E-state index in [2.05, 4.69) is 20.5 Å². The van der Waals surface area contributed by atoms with Gasteiger partial charge in [0.1, 0.15) is 18.6 Å². The average molecular weight is 495 g/mol. The summed E-state index contributed by atoms with van der Waals surface area (Å²) in [5, 5.41) is 7.33. The second kappa shape index (κ2) is 10.7. The highest BCUT2D eigenvalue weighted by atomic mass is 32.1. The Labute approximate surface area is 208 Å². The van der Waals surface area contributed by atoms with Gasteiger partial charge in [-0.15, -0.1) is 11.3 Å². The maximum atomic E-state index is 13.5. The molecule has 0 unspecified atom stereocenters. The smallest absolute Gasteiger partial charge is 0.271 e. The van der Waals surface area contributed by atoms with Crippen molar-refractivity contribution in [3.05, 3.63) is 65.4 Å². The number of nitrogens with zero attached hydrogens (tertiary/aromatic N) is 3. The van der Waals surface area contributed by atoms with Crippen LogP contribution in [0.15, 0.2) is 53.9 Å². The van der Waals surface area contributed by atoms with E-state index < -0.39 is 0 Å². The zero-order valence-corrected chi connectivity index (χ0v) is 20.8. The van der Waals surface area contributed by atoms with Crippen LogP contribution >= 0.6 is 11.3 Å². The number of unbranched alkanes of at least 4 members (excludes halogenated alkanes) is 1. The summed E-state index contributed by atoms with van der Waals surface area (Å²) in [7, 11) is 1.58. The topological polar surface area (TPSA) is 49.7 Å². The number of thiophene rings is 1. The van der Waals surface area contributed by atoms with E-state index >= 15 is 0 Å². The number of halogens is 1. The minimum absolute atomic E-state index is 0.115. The summed E-state index contributed by atoms with van der Waals surface area (Å²) in [4.78, 5) is 23.1. The first-order valence-corrected chi connectivity index (χ1v) is 13.1. The normalized spacial score (nSPS) is 15.0. The standard InChI is InChI=1S/C27H31FN4O2S/c1-34-32-23-8-3-2-7-20(23)17-24(32)27(33)29-11-4-5-12-30-13-6-14-31(16-15-30)25-19-35-26-18-21(28)9-10-22(25)26/h2-3,7-10,17-19H,4-6,11-16H2,1H3,(H,29,33). The molecule has 0 bridgehead atoms. The molecule has 5 rings (SSSR count). The van der Waals surface area contributed by atoms with Crippen molar-refractivity contribution in [1.29, 1.82) is 0 Å². The third kappa shape index (κ3) is 5.13. The predicted molar refractivity (Wildman–Crippen MR) is 141 cm³/mol. The molecule has 0 saturated carbocycles. The SMILES string of the molecule is COn1c(C(=O)NCCCCN2CCCN(c3csc4cc(F)ccc34)CC2)cc2ccccc21. The van der Waals surface area contributed by atoms with E-state index in [4.69, 9.17) is 4.84 Å². The second-order valence-electron chi connectivity index (χ2n) is 8.97. The molecule has 0 aliphatic carbocycles. The minimum atomic E-state index is -0.176. The lowest BCUT2D eigenvalue weighted by Crippen LogP contribution is -2.32. The number of benzene rings is 2. The van der Waals surface area contributed by atoms with Crippen molar-refractivity contribution in [3.8, 4) is 0 Å². The molecule has 4 aromatic rings. The first-order valence-electron chi connectivity index (χ1n) is 12.2. The summed E-state index contributed by atoms with van der Waals surface area (Å²) >= 11 is 1.61. The molecule has 8 heteroatoms. The number of hydrogen-bond donors (Lipinski definition) is 1. The van der Waals surface area contributed by atoms with E-state index in [1.165, 1.54) is 5.69 Å². The van der Waals surface area contributed by atoms with E-state index in [0.717, 1.165) is 73.0 Å². The van der Waals surface area contributed by atoms with Crippen LogP contribution in [0.4, 0.5) is 10.1 Å². The Morgan fingerprint density at radius 3 is 2.86 bits per heavy atom. The van der Waals surface area contributed by atoms with Crippen LogP contribution in [-0.4, -0.2) is 61.9 Å². The number of fused-ring (bicyclic) bond motifs is 2. The largest absolute Gasteiger partial charge is 0.416 e. The molecule has 1 aliphatic rings. The Hall–Kier alpha value is -3.10. The average Bonchev–Trinajstić information content (AvgIpc) is 3.37.